The third kappa shape index (κ3) is 2.39. The van der Waals surface area contributed by atoms with Gasteiger partial charge in [0.25, 0.3) is 0 Å². The van der Waals surface area contributed by atoms with Crippen LogP contribution < -0.4 is 5.73 Å². The molecule has 0 atom stereocenters. The molecule has 1 aromatic heterocycles. The zero-order valence-corrected chi connectivity index (χ0v) is 10.4. The highest BCUT2D eigenvalue weighted by molar-refractivity contribution is 6.33. The summed E-state index contributed by atoms with van der Waals surface area (Å²) in [6.45, 7) is 2.10. The fourth-order valence-corrected chi connectivity index (χ4v) is 2.03. The van der Waals surface area contributed by atoms with E-state index in [0.717, 1.165) is 29.7 Å². The lowest BCUT2D eigenvalue weighted by molar-refractivity contribution is 0.908. The van der Waals surface area contributed by atoms with E-state index in [2.05, 4.69) is 16.9 Å². The van der Waals surface area contributed by atoms with E-state index in [1.54, 1.807) is 0 Å². The zero-order valence-electron chi connectivity index (χ0n) is 9.65. The maximum absolute atomic E-state index is 6.18. The molecule has 2 aromatic rings. The summed E-state index contributed by atoms with van der Waals surface area (Å²) < 4.78 is 0. The van der Waals surface area contributed by atoms with Crippen molar-refractivity contribution >= 4 is 17.4 Å². The summed E-state index contributed by atoms with van der Waals surface area (Å²) in [5.74, 6) is 0.539. The van der Waals surface area contributed by atoms with Crippen LogP contribution in [0, 0.1) is 0 Å². The molecule has 1 heterocycles. The van der Waals surface area contributed by atoms with Gasteiger partial charge in [-0.1, -0.05) is 43.1 Å². The van der Waals surface area contributed by atoms with Crippen LogP contribution in [0.1, 0.15) is 18.9 Å². The van der Waals surface area contributed by atoms with Gasteiger partial charge in [0.05, 0.1) is 5.69 Å². The van der Waals surface area contributed by atoms with Crippen molar-refractivity contribution in [1.29, 1.82) is 0 Å². The van der Waals surface area contributed by atoms with Crippen molar-refractivity contribution in [2.75, 3.05) is 5.73 Å². The Morgan fingerprint density at radius 1 is 1.24 bits per heavy atom. The van der Waals surface area contributed by atoms with Crippen molar-refractivity contribution in [2.24, 2.45) is 0 Å². The molecule has 1 aromatic carbocycles. The number of rotatable bonds is 3. The predicted molar refractivity (Wildman–Crippen MR) is 70.9 cm³/mol. The second kappa shape index (κ2) is 5.15. The molecule has 0 aliphatic heterocycles. The lowest BCUT2D eigenvalue weighted by Crippen LogP contribution is -2.02. The fraction of sp³-hybridized carbons (Fsp3) is 0.231. The first-order chi connectivity index (χ1) is 8.24. The molecule has 2 rings (SSSR count). The van der Waals surface area contributed by atoms with Crippen LogP contribution in [0.2, 0.25) is 5.02 Å². The second-order valence-electron chi connectivity index (χ2n) is 3.82. The highest BCUT2D eigenvalue weighted by atomic mass is 35.5. The van der Waals surface area contributed by atoms with Gasteiger partial charge in [-0.3, -0.25) is 0 Å². The van der Waals surface area contributed by atoms with Crippen LogP contribution in [0.25, 0.3) is 11.3 Å². The number of anilines is 1. The smallest absolute Gasteiger partial charge is 0.130 e. The molecule has 0 aliphatic rings. The molecule has 17 heavy (non-hydrogen) atoms. The summed E-state index contributed by atoms with van der Waals surface area (Å²) in [4.78, 5) is 8.35. The first-order valence-corrected chi connectivity index (χ1v) is 5.96. The van der Waals surface area contributed by atoms with Gasteiger partial charge in [-0.2, -0.15) is 0 Å². The van der Waals surface area contributed by atoms with E-state index >= 15 is 0 Å². The average molecular weight is 248 g/mol. The topological polar surface area (TPSA) is 51.8 Å². The molecule has 0 fully saturated rings. The minimum atomic E-state index is 0.539. The van der Waals surface area contributed by atoms with Gasteiger partial charge >= 0.3 is 0 Å². The summed E-state index contributed by atoms with van der Waals surface area (Å²) in [7, 11) is 0. The number of nitrogen functional groups attached to an aromatic ring is 1. The molecule has 3 nitrogen and oxygen atoms in total. The van der Waals surface area contributed by atoms with E-state index < -0.39 is 0 Å². The molecule has 0 saturated carbocycles. The van der Waals surface area contributed by atoms with Gasteiger partial charge in [-0.05, 0) is 12.5 Å². The van der Waals surface area contributed by atoms with Crippen molar-refractivity contribution in [3.8, 4) is 11.3 Å². The largest absolute Gasteiger partial charge is 0.383 e. The van der Waals surface area contributed by atoms with Gasteiger partial charge in [0.15, 0.2) is 0 Å². The molecular weight excluding hydrogens is 234 g/mol. The van der Waals surface area contributed by atoms with E-state index in [1.165, 1.54) is 6.33 Å². The Labute approximate surface area is 106 Å². The average Bonchev–Trinajstić information content (AvgIpc) is 2.33. The van der Waals surface area contributed by atoms with Crippen LogP contribution in [0.4, 0.5) is 5.82 Å². The monoisotopic (exact) mass is 247 g/mol. The Hall–Kier alpha value is -1.61. The SMILES string of the molecule is CCCc1c(N)ncnc1-c1ccccc1Cl. The number of aromatic nitrogens is 2. The van der Waals surface area contributed by atoms with Gasteiger partial charge in [-0.25, -0.2) is 9.97 Å². The van der Waals surface area contributed by atoms with E-state index in [0.29, 0.717) is 10.8 Å². The number of nitrogens with two attached hydrogens (primary N) is 1. The fourth-order valence-electron chi connectivity index (χ4n) is 1.81. The van der Waals surface area contributed by atoms with Crippen LogP contribution in [-0.4, -0.2) is 9.97 Å². The standard InChI is InChI=1S/C13H14ClN3/c1-2-5-10-12(16-8-17-13(10)15)9-6-3-4-7-11(9)14/h3-4,6-8H,2,5H2,1H3,(H2,15,16,17). The van der Waals surface area contributed by atoms with Crippen LogP contribution in [-0.2, 0) is 6.42 Å². The van der Waals surface area contributed by atoms with Crippen molar-refractivity contribution in [2.45, 2.75) is 19.8 Å². The predicted octanol–water partition coefficient (Wildman–Crippen LogP) is 3.33. The van der Waals surface area contributed by atoms with E-state index in [9.17, 15) is 0 Å². The summed E-state index contributed by atoms with van der Waals surface area (Å²) in [6.07, 6.45) is 3.33. The second-order valence-corrected chi connectivity index (χ2v) is 4.22. The Morgan fingerprint density at radius 2 is 2.00 bits per heavy atom. The van der Waals surface area contributed by atoms with Crippen LogP contribution in [0.3, 0.4) is 0 Å². The number of hydrogen-bond acceptors (Lipinski definition) is 3. The Morgan fingerprint density at radius 3 is 2.71 bits per heavy atom. The van der Waals surface area contributed by atoms with Gasteiger partial charge in [-0.15, -0.1) is 0 Å². The normalized spacial score (nSPS) is 10.5. The third-order valence-corrected chi connectivity index (χ3v) is 2.94. The Bertz CT molecular complexity index is 526. The van der Waals surface area contributed by atoms with Gasteiger partial charge < -0.3 is 5.73 Å². The first-order valence-electron chi connectivity index (χ1n) is 5.58. The summed E-state index contributed by atoms with van der Waals surface area (Å²) >= 11 is 6.18. The lowest BCUT2D eigenvalue weighted by Gasteiger charge is -2.10. The molecule has 0 spiro atoms. The van der Waals surface area contributed by atoms with Crippen molar-refractivity contribution in [3.63, 3.8) is 0 Å². The molecule has 0 aliphatic carbocycles. The summed E-state index contributed by atoms with van der Waals surface area (Å²) in [5.41, 5.74) is 8.62. The van der Waals surface area contributed by atoms with Gasteiger partial charge in [0.1, 0.15) is 12.1 Å². The summed E-state index contributed by atoms with van der Waals surface area (Å²) in [5, 5.41) is 0.683. The minimum absolute atomic E-state index is 0.539. The van der Waals surface area contributed by atoms with Gasteiger partial charge in [0.2, 0.25) is 0 Å². The van der Waals surface area contributed by atoms with Crippen molar-refractivity contribution in [3.05, 3.63) is 41.2 Å². The van der Waals surface area contributed by atoms with Crippen LogP contribution >= 0.6 is 11.6 Å². The van der Waals surface area contributed by atoms with Crippen LogP contribution in [0.5, 0.6) is 0 Å². The van der Waals surface area contributed by atoms with Crippen LogP contribution in [0.15, 0.2) is 30.6 Å². The van der Waals surface area contributed by atoms with Crippen molar-refractivity contribution < 1.29 is 0 Å². The maximum Gasteiger partial charge on any atom is 0.130 e. The molecule has 0 amide bonds. The Balaban J connectivity index is 2.59. The molecule has 88 valence electrons. The number of nitrogens with zero attached hydrogens (tertiary/aromatic N) is 2. The summed E-state index contributed by atoms with van der Waals surface area (Å²) in [6, 6.07) is 7.64. The molecule has 4 heteroatoms. The van der Waals surface area contributed by atoms with Gasteiger partial charge in [0, 0.05) is 16.1 Å². The van der Waals surface area contributed by atoms with E-state index in [1.807, 2.05) is 24.3 Å². The number of halogens is 1. The van der Waals surface area contributed by atoms with E-state index in [4.69, 9.17) is 17.3 Å². The number of hydrogen-bond donors (Lipinski definition) is 1. The molecule has 2 N–H and O–H groups in total. The van der Waals surface area contributed by atoms with E-state index in [-0.39, 0.29) is 0 Å². The molecule has 0 saturated heterocycles. The lowest BCUT2D eigenvalue weighted by atomic mass is 10.0. The third-order valence-electron chi connectivity index (χ3n) is 2.61. The quantitative estimate of drug-likeness (QED) is 0.905. The molecule has 0 bridgehead atoms. The highest BCUT2D eigenvalue weighted by Crippen LogP contribution is 2.30. The minimum Gasteiger partial charge on any atom is -0.383 e. The Kier molecular flexibility index (Phi) is 3.59. The highest BCUT2D eigenvalue weighted by Gasteiger charge is 2.12. The molecule has 0 radical (unpaired) electrons. The van der Waals surface area contributed by atoms with Crippen molar-refractivity contribution in [1.82, 2.24) is 9.97 Å². The molecular formula is C13H14ClN3. The maximum atomic E-state index is 6.18. The number of benzene rings is 1. The first kappa shape index (κ1) is 11.9. The molecule has 0 unspecified atom stereocenters. The zero-order chi connectivity index (χ0) is 12.3.